The first-order chi connectivity index (χ1) is 5.02. The molecule has 0 saturated carbocycles. The Labute approximate surface area is 65.9 Å². The van der Waals surface area contributed by atoms with E-state index in [0.717, 1.165) is 0 Å². The Balaban J connectivity index is 3.37. The number of hydrogen-bond donors (Lipinski definition) is 0. The van der Waals surface area contributed by atoms with Gasteiger partial charge in [0.1, 0.15) is 5.82 Å². The number of halogens is 1. The summed E-state index contributed by atoms with van der Waals surface area (Å²) in [6.45, 7) is 0. The Bertz CT molecular complexity index is 354. The van der Waals surface area contributed by atoms with E-state index >= 15 is 0 Å². The Hall–Kier alpha value is -0.830. The van der Waals surface area contributed by atoms with Gasteiger partial charge in [0.05, 0.1) is 4.90 Å². The summed E-state index contributed by atoms with van der Waals surface area (Å²) in [6, 6.07) is 5.98. The van der Waals surface area contributed by atoms with Crippen molar-refractivity contribution in [3.63, 3.8) is 0 Å². The number of benzene rings is 1. The van der Waals surface area contributed by atoms with Gasteiger partial charge < -0.3 is 0 Å². The molecule has 0 saturated heterocycles. The summed E-state index contributed by atoms with van der Waals surface area (Å²) in [5.74, 6) is 2.94. The molecule has 0 radical (unpaired) electrons. The molecule has 60 valence electrons. The zero-order chi connectivity index (χ0) is 8.48. The van der Waals surface area contributed by atoms with E-state index in [9.17, 15) is 8.60 Å². The summed E-state index contributed by atoms with van der Waals surface area (Å²) in [6.07, 6.45) is 1.42. The highest BCUT2D eigenvalue weighted by Gasteiger charge is 2.05. The van der Waals surface area contributed by atoms with E-state index in [0.29, 0.717) is 0 Å². The Kier molecular flexibility index (Phi) is 2.00. The average molecular weight is 172 g/mol. The van der Waals surface area contributed by atoms with Crippen LogP contribution in [-0.4, -0.2) is 16.3 Å². The predicted molar refractivity (Wildman–Crippen MR) is 45.9 cm³/mol. The second-order valence-corrected chi connectivity index (χ2v) is 4.89. The van der Waals surface area contributed by atoms with Crippen molar-refractivity contribution < 1.29 is 8.60 Å². The Morgan fingerprint density at radius 1 is 1.45 bits per heavy atom. The van der Waals surface area contributed by atoms with E-state index < -0.39 is 15.3 Å². The van der Waals surface area contributed by atoms with E-state index in [2.05, 4.69) is 5.87 Å². The minimum Gasteiger partial charge on any atom is -0.263 e. The van der Waals surface area contributed by atoms with Crippen LogP contribution in [0.3, 0.4) is 0 Å². The second-order valence-electron chi connectivity index (χ2n) is 2.44. The lowest BCUT2D eigenvalue weighted by atomic mass is 10.3. The highest BCUT2D eigenvalue weighted by Crippen LogP contribution is 2.12. The first-order valence-corrected chi connectivity index (χ1v) is 5.22. The van der Waals surface area contributed by atoms with Crippen molar-refractivity contribution in [2.24, 2.45) is 0 Å². The molecule has 0 bridgehead atoms. The Morgan fingerprint density at radius 2 is 2.00 bits per heavy atom. The van der Waals surface area contributed by atoms with Crippen LogP contribution in [0.25, 0.3) is 0 Å². The molecule has 0 aliphatic carbocycles. The summed E-state index contributed by atoms with van der Waals surface area (Å²) in [7, 11) is -2.41. The Morgan fingerprint density at radius 3 is 2.36 bits per heavy atom. The first-order valence-electron chi connectivity index (χ1n) is 3.08. The van der Waals surface area contributed by atoms with Crippen molar-refractivity contribution >= 4 is 15.4 Å². The molecular weight excluding hydrogens is 163 g/mol. The summed E-state index contributed by atoms with van der Waals surface area (Å²) in [5.41, 5.74) is 0. The molecule has 1 nitrogen and oxygen atoms in total. The first kappa shape index (κ1) is 8.27. The zero-order valence-electron chi connectivity index (χ0n) is 6.21. The van der Waals surface area contributed by atoms with E-state index in [-0.39, 0.29) is 4.90 Å². The number of hydrogen-bond acceptors (Lipinski definition) is 1. The molecule has 0 fully saturated rings. The van der Waals surface area contributed by atoms with Crippen molar-refractivity contribution in [1.29, 1.82) is 0 Å². The summed E-state index contributed by atoms with van der Waals surface area (Å²) < 4.78 is 24.1. The molecular formula is C8H9FOS. The van der Waals surface area contributed by atoms with Gasteiger partial charge in [0.15, 0.2) is 0 Å². The second kappa shape index (κ2) is 2.66. The molecule has 1 rings (SSSR count). The summed E-state index contributed by atoms with van der Waals surface area (Å²) in [4.78, 5) is 0.194. The normalized spacial score (nSPS) is 15.8. The van der Waals surface area contributed by atoms with Crippen LogP contribution in [0.1, 0.15) is 0 Å². The fourth-order valence-electron chi connectivity index (χ4n) is 0.795. The monoisotopic (exact) mass is 172 g/mol. The molecule has 1 unspecified atom stereocenters. The van der Waals surface area contributed by atoms with Gasteiger partial charge in [-0.3, -0.25) is 4.21 Å². The number of rotatable bonds is 1. The molecule has 0 amide bonds. The summed E-state index contributed by atoms with van der Waals surface area (Å²) >= 11 is 0. The van der Waals surface area contributed by atoms with Crippen molar-refractivity contribution in [2.45, 2.75) is 4.90 Å². The van der Waals surface area contributed by atoms with Gasteiger partial charge in [0, 0.05) is 6.26 Å². The van der Waals surface area contributed by atoms with Gasteiger partial charge in [0.25, 0.3) is 0 Å². The minimum absolute atomic E-state index is 0.194. The average Bonchev–Trinajstić information content (AvgIpc) is 1.86. The molecule has 0 aliphatic heterocycles. The fraction of sp³-hybridized carbons (Fsp3) is 0.125. The molecule has 11 heavy (non-hydrogen) atoms. The van der Waals surface area contributed by atoms with E-state index in [1.54, 1.807) is 12.1 Å². The van der Waals surface area contributed by atoms with Crippen LogP contribution in [0.2, 0.25) is 0 Å². The van der Waals surface area contributed by atoms with Gasteiger partial charge in [-0.15, -0.1) is 0 Å². The predicted octanol–water partition coefficient (Wildman–Crippen LogP) is 1.53. The molecule has 0 aromatic heterocycles. The van der Waals surface area contributed by atoms with Crippen LogP contribution in [0.4, 0.5) is 4.39 Å². The fourth-order valence-corrected chi connectivity index (χ4v) is 1.64. The van der Waals surface area contributed by atoms with Crippen molar-refractivity contribution in [3.8, 4) is 0 Å². The van der Waals surface area contributed by atoms with Crippen LogP contribution >= 0.6 is 0 Å². The minimum atomic E-state index is -2.41. The molecule has 0 heterocycles. The van der Waals surface area contributed by atoms with E-state index in [1.165, 1.54) is 18.4 Å². The van der Waals surface area contributed by atoms with E-state index in [1.807, 2.05) is 0 Å². The van der Waals surface area contributed by atoms with Gasteiger partial charge in [0.2, 0.25) is 0 Å². The lowest BCUT2D eigenvalue weighted by Crippen LogP contribution is -1.99. The smallest absolute Gasteiger partial charge is 0.138 e. The van der Waals surface area contributed by atoms with Gasteiger partial charge in [-0.05, 0) is 27.5 Å². The van der Waals surface area contributed by atoms with Crippen LogP contribution in [0, 0.1) is 5.82 Å². The maximum Gasteiger partial charge on any atom is 0.138 e. The lowest BCUT2D eigenvalue weighted by Gasteiger charge is -2.02. The van der Waals surface area contributed by atoms with Gasteiger partial charge in [-0.2, -0.15) is 0 Å². The topological polar surface area (TPSA) is 17.1 Å². The quantitative estimate of drug-likeness (QED) is 0.587. The third-order valence-electron chi connectivity index (χ3n) is 1.30. The molecule has 0 N–H and O–H groups in total. The molecule has 1 aromatic carbocycles. The maximum absolute atomic E-state index is 12.9. The van der Waals surface area contributed by atoms with Crippen LogP contribution in [0.15, 0.2) is 29.2 Å². The highest BCUT2D eigenvalue weighted by molar-refractivity contribution is 7.99. The third-order valence-corrected chi connectivity index (χ3v) is 2.56. The van der Waals surface area contributed by atoms with Crippen molar-refractivity contribution in [2.75, 3.05) is 6.26 Å². The van der Waals surface area contributed by atoms with Crippen molar-refractivity contribution in [3.05, 3.63) is 30.1 Å². The van der Waals surface area contributed by atoms with Gasteiger partial charge >= 0.3 is 0 Å². The third kappa shape index (κ3) is 1.80. The van der Waals surface area contributed by atoms with Crippen LogP contribution in [-0.2, 0) is 9.52 Å². The van der Waals surface area contributed by atoms with E-state index in [4.69, 9.17) is 0 Å². The van der Waals surface area contributed by atoms with Crippen LogP contribution < -0.4 is 0 Å². The maximum atomic E-state index is 12.9. The molecule has 0 aliphatic rings. The van der Waals surface area contributed by atoms with Crippen LogP contribution in [0.5, 0.6) is 0 Å². The highest BCUT2D eigenvalue weighted by atomic mass is 32.2. The SMILES string of the molecule is C=S(C)(=O)c1ccccc1F. The zero-order valence-corrected chi connectivity index (χ0v) is 7.03. The van der Waals surface area contributed by atoms with Crippen molar-refractivity contribution in [1.82, 2.24) is 0 Å². The molecule has 1 aromatic rings. The van der Waals surface area contributed by atoms with Gasteiger partial charge in [-0.25, -0.2) is 4.39 Å². The molecule has 3 heteroatoms. The molecule has 0 spiro atoms. The lowest BCUT2D eigenvalue weighted by molar-refractivity contribution is 0.595. The molecule has 1 atom stereocenters. The summed E-state index contributed by atoms with van der Waals surface area (Å²) in [5, 5.41) is 0. The largest absolute Gasteiger partial charge is 0.263 e. The standard InChI is InChI=1S/C8H9FOS/c1-11(2,10)8-6-4-3-5-7(8)9/h3-6H,1H2,2H3. The van der Waals surface area contributed by atoms with Gasteiger partial charge in [-0.1, -0.05) is 12.1 Å².